The van der Waals surface area contributed by atoms with Crippen molar-refractivity contribution in [1.29, 1.82) is 0 Å². The summed E-state index contributed by atoms with van der Waals surface area (Å²) >= 11 is 5.85. The predicted octanol–water partition coefficient (Wildman–Crippen LogP) is 2.80. The van der Waals surface area contributed by atoms with Crippen molar-refractivity contribution in [2.24, 2.45) is 0 Å². The summed E-state index contributed by atoms with van der Waals surface area (Å²) in [7, 11) is 0. The molecule has 0 aliphatic carbocycles. The van der Waals surface area contributed by atoms with Gasteiger partial charge in [-0.1, -0.05) is 11.6 Å². The Labute approximate surface area is 84.3 Å². The summed E-state index contributed by atoms with van der Waals surface area (Å²) in [4.78, 5) is 14.1. The summed E-state index contributed by atoms with van der Waals surface area (Å²) in [5, 5.41) is 11.3. The number of hydrogen-bond acceptors (Lipinski definition) is 3. The van der Waals surface area contributed by atoms with Gasteiger partial charge in [0.1, 0.15) is 5.02 Å². The average molecular weight is 209 g/mol. The highest BCUT2D eigenvalue weighted by atomic mass is 35.5. The van der Waals surface area contributed by atoms with Crippen LogP contribution in [-0.4, -0.2) is 9.91 Å². The highest BCUT2D eigenvalue weighted by Crippen LogP contribution is 2.30. The van der Waals surface area contributed by atoms with Crippen molar-refractivity contribution in [3.05, 3.63) is 45.6 Å². The van der Waals surface area contributed by atoms with Gasteiger partial charge in [-0.2, -0.15) is 0 Å². The molecular weight excluding hydrogens is 204 g/mol. The maximum Gasteiger partial charge on any atom is 0.288 e. The molecule has 0 saturated heterocycles. The summed E-state index contributed by atoms with van der Waals surface area (Å²) < 4.78 is 0. The van der Waals surface area contributed by atoms with E-state index in [1.165, 1.54) is 6.07 Å². The van der Waals surface area contributed by atoms with Crippen molar-refractivity contribution < 1.29 is 4.92 Å². The van der Waals surface area contributed by atoms with Crippen LogP contribution in [0.4, 0.5) is 5.69 Å². The van der Waals surface area contributed by atoms with Gasteiger partial charge in [0.15, 0.2) is 0 Å². The normalized spacial score (nSPS) is 10.4. The summed E-state index contributed by atoms with van der Waals surface area (Å²) in [6.45, 7) is 0. The van der Waals surface area contributed by atoms with Crippen LogP contribution >= 0.6 is 11.6 Å². The molecule has 0 saturated carbocycles. The number of fused-ring (bicyclic) bond motifs is 1. The lowest BCUT2D eigenvalue weighted by Gasteiger charge is -1.99. The lowest BCUT2D eigenvalue weighted by Crippen LogP contribution is -1.90. The first kappa shape index (κ1) is 8.90. The maximum atomic E-state index is 10.6. The van der Waals surface area contributed by atoms with Gasteiger partial charge in [-0.15, -0.1) is 0 Å². The largest absolute Gasteiger partial charge is 0.288 e. The van der Waals surface area contributed by atoms with Crippen LogP contribution in [0, 0.1) is 10.1 Å². The van der Waals surface area contributed by atoms with Crippen LogP contribution in [0.3, 0.4) is 0 Å². The highest BCUT2D eigenvalue weighted by molar-refractivity contribution is 6.37. The lowest BCUT2D eigenvalue weighted by molar-refractivity contribution is -0.384. The first-order valence-corrected chi connectivity index (χ1v) is 4.25. The molecule has 0 unspecified atom stereocenters. The van der Waals surface area contributed by atoms with Gasteiger partial charge in [0, 0.05) is 17.6 Å². The van der Waals surface area contributed by atoms with Gasteiger partial charge in [0.25, 0.3) is 5.69 Å². The van der Waals surface area contributed by atoms with Crippen LogP contribution in [0.15, 0.2) is 30.5 Å². The van der Waals surface area contributed by atoms with E-state index < -0.39 is 4.92 Å². The molecule has 2 rings (SSSR count). The van der Waals surface area contributed by atoms with Crippen molar-refractivity contribution in [2.45, 2.75) is 0 Å². The molecule has 0 N–H and O–H groups in total. The van der Waals surface area contributed by atoms with Crippen molar-refractivity contribution in [2.75, 3.05) is 0 Å². The Morgan fingerprint density at radius 2 is 2.14 bits per heavy atom. The van der Waals surface area contributed by atoms with Crippen LogP contribution in [0.25, 0.3) is 10.9 Å². The van der Waals surface area contributed by atoms with Crippen molar-refractivity contribution >= 4 is 28.2 Å². The minimum atomic E-state index is -0.505. The SMILES string of the molecule is O=[N+]([O-])c1ccc2ncccc2c1Cl. The zero-order valence-corrected chi connectivity index (χ0v) is 7.73. The molecule has 70 valence electrons. The van der Waals surface area contributed by atoms with E-state index in [-0.39, 0.29) is 10.7 Å². The van der Waals surface area contributed by atoms with E-state index in [9.17, 15) is 10.1 Å². The van der Waals surface area contributed by atoms with E-state index >= 15 is 0 Å². The van der Waals surface area contributed by atoms with E-state index in [1.807, 2.05) is 0 Å². The smallest absolute Gasteiger partial charge is 0.258 e. The van der Waals surface area contributed by atoms with Gasteiger partial charge in [0.2, 0.25) is 0 Å². The fourth-order valence-corrected chi connectivity index (χ4v) is 1.54. The number of nitro groups is 1. The fourth-order valence-electron chi connectivity index (χ4n) is 1.25. The Morgan fingerprint density at radius 1 is 1.36 bits per heavy atom. The third-order valence-electron chi connectivity index (χ3n) is 1.90. The van der Waals surface area contributed by atoms with Crippen molar-refractivity contribution in [3.63, 3.8) is 0 Å². The van der Waals surface area contributed by atoms with Crippen LogP contribution < -0.4 is 0 Å². The highest BCUT2D eigenvalue weighted by Gasteiger charge is 2.14. The molecule has 0 aliphatic heterocycles. The van der Waals surface area contributed by atoms with Gasteiger partial charge >= 0.3 is 0 Å². The van der Waals surface area contributed by atoms with E-state index in [2.05, 4.69) is 4.98 Å². The second kappa shape index (κ2) is 3.23. The van der Waals surface area contributed by atoms with Crippen molar-refractivity contribution in [3.8, 4) is 0 Å². The third-order valence-corrected chi connectivity index (χ3v) is 2.29. The zero-order chi connectivity index (χ0) is 10.1. The van der Waals surface area contributed by atoms with Crippen LogP contribution in [0.2, 0.25) is 5.02 Å². The molecule has 14 heavy (non-hydrogen) atoms. The molecule has 1 heterocycles. The van der Waals surface area contributed by atoms with Gasteiger partial charge in [-0.25, -0.2) is 0 Å². The van der Waals surface area contributed by atoms with E-state index in [1.54, 1.807) is 24.4 Å². The fraction of sp³-hybridized carbons (Fsp3) is 0. The molecule has 1 aromatic carbocycles. The van der Waals surface area contributed by atoms with Gasteiger partial charge in [-0.3, -0.25) is 15.1 Å². The van der Waals surface area contributed by atoms with Crippen LogP contribution in [0.5, 0.6) is 0 Å². The number of benzene rings is 1. The molecule has 2 aromatic rings. The van der Waals surface area contributed by atoms with E-state index in [4.69, 9.17) is 11.6 Å². The quantitative estimate of drug-likeness (QED) is 0.535. The molecule has 0 atom stereocenters. The Balaban J connectivity index is 2.81. The Kier molecular flexibility index (Phi) is 2.05. The van der Waals surface area contributed by atoms with Gasteiger partial charge in [-0.05, 0) is 18.2 Å². The summed E-state index contributed by atoms with van der Waals surface area (Å²) in [6.07, 6.45) is 1.62. The number of nitrogens with zero attached hydrogens (tertiary/aromatic N) is 2. The lowest BCUT2D eigenvalue weighted by atomic mass is 10.2. The summed E-state index contributed by atoms with van der Waals surface area (Å²) in [5.74, 6) is 0. The third kappa shape index (κ3) is 1.29. The van der Waals surface area contributed by atoms with Gasteiger partial charge < -0.3 is 0 Å². The monoisotopic (exact) mass is 208 g/mol. The molecule has 0 radical (unpaired) electrons. The first-order valence-electron chi connectivity index (χ1n) is 3.88. The summed E-state index contributed by atoms with van der Waals surface area (Å²) in [5.41, 5.74) is 0.565. The molecule has 0 amide bonds. The maximum absolute atomic E-state index is 10.6. The molecule has 0 fully saturated rings. The van der Waals surface area contributed by atoms with E-state index in [0.717, 1.165) is 0 Å². The molecular formula is C9H5ClN2O2. The number of halogens is 1. The number of aromatic nitrogens is 1. The number of rotatable bonds is 1. The number of pyridine rings is 1. The Bertz CT molecular complexity index is 513. The molecule has 0 aliphatic rings. The number of hydrogen-bond donors (Lipinski definition) is 0. The Morgan fingerprint density at radius 3 is 2.86 bits per heavy atom. The van der Waals surface area contributed by atoms with Crippen LogP contribution in [-0.2, 0) is 0 Å². The second-order valence-corrected chi connectivity index (χ2v) is 3.10. The Hall–Kier alpha value is -1.68. The molecule has 1 aromatic heterocycles. The van der Waals surface area contributed by atoms with Crippen LogP contribution in [0.1, 0.15) is 0 Å². The minimum absolute atomic E-state index is 0.0906. The standard InChI is InChI=1S/C9H5ClN2O2/c10-9-6-2-1-5-11-7(6)3-4-8(9)12(13)14/h1-5H. The predicted molar refractivity (Wildman–Crippen MR) is 53.4 cm³/mol. The zero-order valence-electron chi connectivity index (χ0n) is 6.98. The van der Waals surface area contributed by atoms with Crippen molar-refractivity contribution in [1.82, 2.24) is 4.98 Å². The van der Waals surface area contributed by atoms with E-state index in [0.29, 0.717) is 10.9 Å². The minimum Gasteiger partial charge on any atom is -0.258 e. The molecule has 4 nitrogen and oxygen atoms in total. The molecule has 0 spiro atoms. The molecule has 5 heteroatoms. The first-order chi connectivity index (χ1) is 6.70. The number of nitro benzene ring substituents is 1. The molecule has 0 bridgehead atoms. The average Bonchev–Trinajstić information content (AvgIpc) is 2.18. The summed E-state index contributed by atoms with van der Waals surface area (Å²) in [6, 6.07) is 6.34. The topological polar surface area (TPSA) is 56.0 Å². The second-order valence-electron chi connectivity index (χ2n) is 2.73. The van der Waals surface area contributed by atoms with Gasteiger partial charge in [0.05, 0.1) is 10.4 Å².